The van der Waals surface area contributed by atoms with E-state index >= 15 is 0 Å². The smallest absolute Gasteiger partial charge is 0.326 e. The van der Waals surface area contributed by atoms with Gasteiger partial charge in [-0.1, -0.05) is 45.9 Å². The van der Waals surface area contributed by atoms with E-state index in [-0.39, 0.29) is 44.1 Å². The molecular formula is C42H65N13O13. The molecule has 7 atom stereocenters. The van der Waals surface area contributed by atoms with Crippen molar-refractivity contribution in [2.24, 2.45) is 34.0 Å². The number of aliphatic hydroxyl groups excluding tert-OH is 1. The summed E-state index contributed by atoms with van der Waals surface area (Å²) < 4.78 is 0. The van der Waals surface area contributed by atoms with Crippen molar-refractivity contribution in [2.45, 2.75) is 109 Å². The Hall–Kier alpha value is -7.35. The summed E-state index contributed by atoms with van der Waals surface area (Å²) in [6.07, 6.45) is 0.706. The number of carboxylic acids is 2. The molecule has 0 unspecified atom stereocenters. The number of fused-ring (bicyclic) bond motifs is 1. The lowest BCUT2D eigenvalue weighted by Crippen LogP contribution is -2.59. The Morgan fingerprint density at radius 3 is 1.79 bits per heavy atom. The molecule has 0 aliphatic heterocycles. The number of aliphatic imine (C=N–C) groups is 1. The van der Waals surface area contributed by atoms with Gasteiger partial charge in [0, 0.05) is 30.1 Å². The molecule has 1 heterocycles. The molecule has 0 saturated carbocycles. The number of H-pyrrole nitrogens is 1. The van der Waals surface area contributed by atoms with Gasteiger partial charge in [0.05, 0.1) is 32.2 Å². The number of nitrogens with zero attached hydrogens (tertiary/aromatic N) is 1. The SMILES string of the molecule is CC(C)C[C@H](NC(=O)[C@H](Cc1c[nH]c2ccccc12)NC(=O)CNC(=O)[C@H](C)N)C(=O)N[C@H](CC(=O)O)C(=O)NCC(=O)N[C@@H](CO)C(=O)N[C@H](C(=O)N[C@@H](CCCN=C(N)N)C(=O)O)C(C)C. The number of nitrogens with one attached hydrogen (secondary N) is 9. The van der Waals surface area contributed by atoms with Crippen molar-refractivity contribution >= 4 is 76.1 Å². The Morgan fingerprint density at radius 1 is 0.676 bits per heavy atom. The number of aliphatic hydroxyl groups is 1. The number of aliphatic carboxylic acids is 2. The Morgan fingerprint density at radius 2 is 1.24 bits per heavy atom. The maximum Gasteiger partial charge on any atom is 0.326 e. The second-order valence-corrected chi connectivity index (χ2v) is 16.6. The molecule has 0 fully saturated rings. The number of carbonyl (C=O) groups excluding carboxylic acids is 8. The number of carboxylic acid groups (broad SMARTS) is 2. The zero-order chi connectivity index (χ0) is 51.2. The molecule has 1 aromatic heterocycles. The fraction of sp³-hybridized carbons (Fsp3) is 0.548. The third kappa shape index (κ3) is 19.6. The van der Waals surface area contributed by atoms with Gasteiger partial charge in [0.1, 0.15) is 36.3 Å². The Kier molecular flexibility index (Phi) is 23.4. The molecule has 0 aliphatic rings. The number of para-hydroxylation sites is 1. The summed E-state index contributed by atoms with van der Waals surface area (Å²) in [5, 5.41) is 48.8. The summed E-state index contributed by atoms with van der Waals surface area (Å²) in [6, 6.07) is -2.64. The summed E-state index contributed by atoms with van der Waals surface area (Å²) in [6.45, 7) is 5.66. The maximum atomic E-state index is 13.9. The minimum absolute atomic E-state index is 0.0234. The maximum absolute atomic E-state index is 13.9. The van der Waals surface area contributed by atoms with Crippen LogP contribution in [0.2, 0.25) is 0 Å². The van der Waals surface area contributed by atoms with Crippen LogP contribution in [-0.4, -0.2) is 154 Å². The number of guanidine groups is 1. The fourth-order valence-electron chi connectivity index (χ4n) is 6.48. The standard InChI is InChI=1S/C42H65N13O13/c1-20(2)13-27(53-38(64)28(50-31(57)17-48-35(61)22(5)43)14-23-16-47-25-10-7-6-9-24(23)25)37(63)54-29(15-33(59)60)36(62)49-18-32(58)51-30(19-56)39(65)55-34(21(3)4)40(66)52-26(41(67)68)11-8-12-46-42(44)45/h6-7,9-10,16,20-22,26-30,34,47,56H,8,11-15,17-19,43H2,1-5H3,(H,48,61)(H,49,62)(H,50,57)(H,51,58)(H,52,66)(H,53,64)(H,54,63)(H,55,65)(H,59,60)(H,67,68)(H4,44,45,46)/t22-,26-,27-,28-,29+,30-,34-/m0/s1. The lowest BCUT2D eigenvalue weighted by molar-refractivity contribution is -0.143. The van der Waals surface area contributed by atoms with Gasteiger partial charge >= 0.3 is 11.9 Å². The molecule has 2 rings (SSSR count). The van der Waals surface area contributed by atoms with Crippen molar-refractivity contribution in [2.75, 3.05) is 26.2 Å². The highest BCUT2D eigenvalue weighted by Crippen LogP contribution is 2.19. The van der Waals surface area contributed by atoms with Crippen LogP contribution in [0.1, 0.15) is 65.9 Å². The summed E-state index contributed by atoms with van der Waals surface area (Å²) in [4.78, 5) is 136. The fourth-order valence-corrected chi connectivity index (χ4v) is 6.48. The first kappa shape index (κ1) is 56.8. The van der Waals surface area contributed by atoms with Crippen LogP contribution in [0, 0.1) is 11.8 Å². The van der Waals surface area contributed by atoms with Crippen molar-refractivity contribution in [1.29, 1.82) is 0 Å². The number of rotatable bonds is 29. The topological polar surface area (TPSA) is 434 Å². The Bertz CT molecular complexity index is 2140. The van der Waals surface area contributed by atoms with E-state index < -0.39 is 134 Å². The zero-order valence-electron chi connectivity index (χ0n) is 38.6. The number of amides is 8. The molecular weight excluding hydrogens is 895 g/mol. The van der Waals surface area contributed by atoms with Gasteiger partial charge in [-0.05, 0) is 49.7 Å². The van der Waals surface area contributed by atoms with Crippen LogP contribution in [-0.2, 0) is 54.4 Å². The van der Waals surface area contributed by atoms with Crippen molar-refractivity contribution in [3.05, 3.63) is 36.0 Å². The van der Waals surface area contributed by atoms with Crippen LogP contribution in [0.5, 0.6) is 0 Å². The predicted molar refractivity (Wildman–Crippen MR) is 244 cm³/mol. The lowest BCUT2D eigenvalue weighted by atomic mass is 10.00. The van der Waals surface area contributed by atoms with Gasteiger partial charge < -0.3 is 80.0 Å². The number of nitrogens with two attached hydrogens (primary N) is 3. The van der Waals surface area contributed by atoms with Crippen LogP contribution in [0.4, 0.5) is 0 Å². The molecule has 2 aromatic rings. The quantitative estimate of drug-likeness (QED) is 0.0208. The molecule has 26 nitrogen and oxygen atoms in total. The van der Waals surface area contributed by atoms with Crippen LogP contribution < -0.4 is 59.7 Å². The van der Waals surface area contributed by atoms with Crippen LogP contribution in [0.25, 0.3) is 10.9 Å². The van der Waals surface area contributed by atoms with E-state index in [9.17, 15) is 63.3 Å². The third-order valence-electron chi connectivity index (χ3n) is 10.0. The highest BCUT2D eigenvalue weighted by atomic mass is 16.4. The second kappa shape index (κ2) is 28.0. The minimum atomic E-state index is -1.81. The molecule has 0 aliphatic carbocycles. The Labute approximate surface area is 391 Å². The Balaban J connectivity index is 2.18. The number of hydrogen-bond donors (Lipinski definition) is 15. The number of hydrogen-bond acceptors (Lipinski definition) is 13. The van der Waals surface area contributed by atoms with E-state index in [1.807, 2.05) is 0 Å². The van der Waals surface area contributed by atoms with Crippen molar-refractivity contribution in [1.82, 2.24) is 47.5 Å². The van der Waals surface area contributed by atoms with E-state index in [0.717, 1.165) is 10.9 Å². The van der Waals surface area contributed by atoms with Crippen molar-refractivity contribution < 1.29 is 63.3 Å². The van der Waals surface area contributed by atoms with Gasteiger partial charge in [-0.2, -0.15) is 0 Å². The molecule has 0 saturated heterocycles. The first-order chi connectivity index (χ1) is 31.9. The molecule has 0 radical (unpaired) electrons. The highest BCUT2D eigenvalue weighted by molar-refractivity contribution is 5.98. The summed E-state index contributed by atoms with van der Waals surface area (Å²) in [5.74, 6) is -11.3. The number of aromatic amines is 1. The number of benzene rings is 1. The highest BCUT2D eigenvalue weighted by Gasteiger charge is 2.34. The van der Waals surface area contributed by atoms with Crippen LogP contribution in [0.3, 0.4) is 0 Å². The van der Waals surface area contributed by atoms with E-state index in [0.29, 0.717) is 5.56 Å². The molecule has 0 bridgehead atoms. The summed E-state index contributed by atoms with van der Waals surface area (Å²) in [7, 11) is 0. The number of aromatic nitrogens is 1. The zero-order valence-corrected chi connectivity index (χ0v) is 38.6. The predicted octanol–water partition coefficient (Wildman–Crippen LogP) is -4.49. The van der Waals surface area contributed by atoms with Gasteiger partial charge in [0.25, 0.3) is 0 Å². The second-order valence-electron chi connectivity index (χ2n) is 16.6. The molecule has 1 aromatic carbocycles. The van der Waals surface area contributed by atoms with Gasteiger partial charge in [-0.15, -0.1) is 0 Å². The van der Waals surface area contributed by atoms with Gasteiger partial charge in [0.2, 0.25) is 47.3 Å². The van der Waals surface area contributed by atoms with Crippen LogP contribution in [0.15, 0.2) is 35.5 Å². The average molecular weight is 960 g/mol. The van der Waals surface area contributed by atoms with E-state index in [4.69, 9.17) is 17.2 Å². The monoisotopic (exact) mass is 959 g/mol. The van der Waals surface area contributed by atoms with E-state index in [1.165, 1.54) is 6.92 Å². The number of carbonyl (C=O) groups is 10. The minimum Gasteiger partial charge on any atom is -0.481 e. The summed E-state index contributed by atoms with van der Waals surface area (Å²) in [5.41, 5.74) is 17.5. The first-order valence-corrected chi connectivity index (χ1v) is 21.7. The normalized spacial score (nSPS) is 14.1. The molecule has 376 valence electrons. The van der Waals surface area contributed by atoms with E-state index in [2.05, 4.69) is 52.5 Å². The van der Waals surface area contributed by atoms with Crippen LogP contribution >= 0.6 is 0 Å². The molecule has 18 N–H and O–H groups in total. The van der Waals surface area contributed by atoms with Gasteiger partial charge in [-0.3, -0.25) is 48.1 Å². The first-order valence-electron chi connectivity index (χ1n) is 21.7. The molecule has 26 heteroatoms. The van der Waals surface area contributed by atoms with Gasteiger partial charge in [-0.25, -0.2) is 4.79 Å². The third-order valence-corrected chi connectivity index (χ3v) is 10.0. The van der Waals surface area contributed by atoms with Crippen molar-refractivity contribution in [3.8, 4) is 0 Å². The van der Waals surface area contributed by atoms with E-state index in [1.54, 1.807) is 58.2 Å². The lowest BCUT2D eigenvalue weighted by Gasteiger charge is -2.26. The van der Waals surface area contributed by atoms with Crippen molar-refractivity contribution in [3.63, 3.8) is 0 Å². The summed E-state index contributed by atoms with van der Waals surface area (Å²) >= 11 is 0. The molecule has 68 heavy (non-hydrogen) atoms. The molecule has 8 amide bonds. The largest absolute Gasteiger partial charge is 0.481 e. The molecule has 0 spiro atoms. The average Bonchev–Trinajstić information content (AvgIpc) is 3.67. The van der Waals surface area contributed by atoms with Gasteiger partial charge in [0.15, 0.2) is 5.96 Å².